The highest BCUT2D eigenvalue weighted by Gasteiger charge is 2.33. The minimum Gasteiger partial charge on any atom is -0.319 e. The van der Waals surface area contributed by atoms with Crippen molar-refractivity contribution in [3.63, 3.8) is 0 Å². The van der Waals surface area contributed by atoms with Gasteiger partial charge in [-0.15, -0.1) is 11.3 Å². The number of alkyl halides is 3. The highest BCUT2D eigenvalue weighted by atomic mass is 32.1. The first-order valence-corrected chi connectivity index (χ1v) is 7.23. The zero-order valence-electron chi connectivity index (χ0n) is 11.7. The number of carbonyl (C=O) groups is 1. The van der Waals surface area contributed by atoms with E-state index >= 15 is 0 Å². The van der Waals surface area contributed by atoms with Crippen molar-refractivity contribution in [2.75, 3.05) is 5.32 Å². The molecule has 0 fully saturated rings. The van der Waals surface area contributed by atoms with Crippen LogP contribution in [0.3, 0.4) is 0 Å². The molecule has 0 saturated heterocycles. The van der Waals surface area contributed by atoms with Crippen molar-refractivity contribution >= 4 is 33.1 Å². The molecule has 3 rings (SSSR count). The van der Waals surface area contributed by atoms with Crippen molar-refractivity contribution in [1.29, 1.82) is 0 Å². The van der Waals surface area contributed by atoms with E-state index in [0.29, 0.717) is 17.3 Å². The average molecular weight is 338 g/mol. The van der Waals surface area contributed by atoms with E-state index in [-0.39, 0.29) is 0 Å². The third kappa shape index (κ3) is 3.29. The number of amides is 1. The molecule has 0 atom stereocenters. The Labute approximate surface area is 132 Å². The van der Waals surface area contributed by atoms with Crippen LogP contribution in [0.15, 0.2) is 30.5 Å². The molecule has 1 N–H and O–H groups in total. The predicted molar refractivity (Wildman–Crippen MR) is 79.3 cm³/mol. The Morgan fingerprint density at radius 3 is 2.74 bits per heavy atom. The fourth-order valence-corrected chi connectivity index (χ4v) is 2.74. The molecular weight excluding hydrogens is 329 g/mol. The Morgan fingerprint density at radius 2 is 2.00 bits per heavy atom. The zero-order valence-corrected chi connectivity index (χ0v) is 12.5. The second-order valence-electron chi connectivity index (χ2n) is 4.63. The molecule has 23 heavy (non-hydrogen) atoms. The summed E-state index contributed by atoms with van der Waals surface area (Å²) in [7, 11) is 0. The number of aromatic nitrogens is 3. The third-order valence-corrected chi connectivity index (χ3v) is 3.85. The van der Waals surface area contributed by atoms with Crippen LogP contribution in [-0.4, -0.2) is 20.9 Å². The molecule has 9 heteroatoms. The number of fused-ring (bicyclic) bond motifs is 1. The molecule has 0 aliphatic carbocycles. The van der Waals surface area contributed by atoms with Crippen molar-refractivity contribution in [2.45, 2.75) is 13.1 Å². The summed E-state index contributed by atoms with van der Waals surface area (Å²) in [6.07, 6.45) is -3.73. The molecule has 2 heterocycles. The number of benzene rings is 1. The monoisotopic (exact) mass is 338 g/mol. The molecule has 0 saturated carbocycles. The lowest BCUT2D eigenvalue weighted by Gasteiger charge is -2.07. The first-order valence-electron chi connectivity index (χ1n) is 6.42. The second kappa shape index (κ2) is 5.58. The number of nitrogens with one attached hydrogen (secondary N) is 1. The maximum absolute atomic E-state index is 12.6. The largest absolute Gasteiger partial charge is 0.433 e. The van der Waals surface area contributed by atoms with Crippen molar-refractivity contribution in [1.82, 2.24) is 15.0 Å². The molecule has 0 aliphatic heterocycles. The Hall–Kier alpha value is -2.55. The van der Waals surface area contributed by atoms with Crippen LogP contribution in [-0.2, 0) is 6.18 Å². The summed E-state index contributed by atoms with van der Waals surface area (Å²) in [6, 6.07) is 5.78. The summed E-state index contributed by atoms with van der Waals surface area (Å²) in [6.45, 7) is 1.86. The molecule has 1 aromatic carbocycles. The summed E-state index contributed by atoms with van der Waals surface area (Å²) in [5, 5.41) is 3.35. The van der Waals surface area contributed by atoms with Gasteiger partial charge in [0.2, 0.25) is 5.82 Å². The van der Waals surface area contributed by atoms with Crippen molar-refractivity contribution in [3.05, 3.63) is 47.0 Å². The second-order valence-corrected chi connectivity index (χ2v) is 5.87. The lowest BCUT2D eigenvalue weighted by molar-refractivity contribution is -0.141. The lowest BCUT2D eigenvalue weighted by Crippen LogP contribution is -2.18. The third-order valence-electron chi connectivity index (χ3n) is 2.90. The Balaban J connectivity index is 1.85. The molecule has 0 unspecified atom stereocenters. The number of hydrogen-bond donors (Lipinski definition) is 1. The molecule has 3 aromatic rings. The summed E-state index contributed by atoms with van der Waals surface area (Å²) in [4.78, 5) is 23.1. The first kappa shape index (κ1) is 15.3. The molecule has 1 amide bonds. The Kier molecular flexibility index (Phi) is 3.72. The van der Waals surface area contributed by atoms with Crippen molar-refractivity contribution in [2.24, 2.45) is 0 Å². The summed E-state index contributed by atoms with van der Waals surface area (Å²) >= 11 is 1.51. The smallest absolute Gasteiger partial charge is 0.319 e. The average Bonchev–Trinajstić information content (AvgIpc) is 2.86. The van der Waals surface area contributed by atoms with Gasteiger partial charge in [0, 0.05) is 11.9 Å². The Morgan fingerprint density at radius 1 is 1.22 bits per heavy atom. The van der Waals surface area contributed by atoms with Gasteiger partial charge >= 0.3 is 6.18 Å². The van der Waals surface area contributed by atoms with Gasteiger partial charge in [0.1, 0.15) is 5.69 Å². The van der Waals surface area contributed by atoms with Crippen molar-refractivity contribution in [3.8, 4) is 0 Å². The van der Waals surface area contributed by atoms with E-state index in [9.17, 15) is 18.0 Å². The number of thiazole rings is 1. The number of halogens is 3. The highest BCUT2D eigenvalue weighted by Crippen LogP contribution is 2.27. The van der Waals surface area contributed by atoms with E-state index < -0.39 is 23.6 Å². The molecular formula is C14H9F3N4OS. The quantitative estimate of drug-likeness (QED) is 0.774. The van der Waals surface area contributed by atoms with E-state index in [1.54, 1.807) is 18.2 Å². The van der Waals surface area contributed by atoms with Crippen LogP contribution in [0, 0.1) is 6.92 Å². The maximum Gasteiger partial charge on any atom is 0.433 e. The molecule has 118 valence electrons. The molecule has 0 radical (unpaired) electrons. The van der Waals surface area contributed by atoms with E-state index in [1.807, 2.05) is 6.92 Å². The van der Waals surface area contributed by atoms with E-state index in [0.717, 1.165) is 15.9 Å². The number of aryl methyl sites for hydroxylation is 1. The standard InChI is InChI=1S/C14H9F3N4OS/c1-7-19-9-6-8(2-3-10(9)23-7)20-13(22)12-18-5-4-11(21-12)14(15,16)17/h2-6H,1H3,(H,20,22). The maximum atomic E-state index is 12.6. The SMILES string of the molecule is Cc1nc2cc(NC(=O)c3nccc(C(F)(F)F)n3)ccc2s1. The van der Waals surface area contributed by atoms with Gasteiger partial charge in [0.05, 0.1) is 15.2 Å². The van der Waals surface area contributed by atoms with Gasteiger partial charge in [-0.1, -0.05) is 0 Å². The van der Waals surface area contributed by atoms with Gasteiger partial charge in [-0.05, 0) is 31.2 Å². The minimum absolute atomic E-state index is 0.411. The highest BCUT2D eigenvalue weighted by molar-refractivity contribution is 7.18. The summed E-state index contributed by atoms with van der Waals surface area (Å²) in [5.41, 5.74) is -0.0488. The fourth-order valence-electron chi connectivity index (χ4n) is 1.93. The number of rotatable bonds is 2. The number of carbonyl (C=O) groups excluding carboxylic acids is 1. The molecule has 0 bridgehead atoms. The number of anilines is 1. The first-order chi connectivity index (χ1) is 10.8. The van der Waals surface area contributed by atoms with Gasteiger partial charge in [-0.2, -0.15) is 13.2 Å². The van der Waals surface area contributed by atoms with Crippen LogP contribution in [0.25, 0.3) is 10.2 Å². The minimum atomic E-state index is -4.63. The normalized spacial score (nSPS) is 11.7. The van der Waals surface area contributed by atoms with Gasteiger partial charge < -0.3 is 5.32 Å². The molecule has 2 aromatic heterocycles. The number of nitrogens with zero attached hydrogens (tertiary/aromatic N) is 3. The van der Waals surface area contributed by atoms with Gasteiger partial charge in [0.15, 0.2) is 0 Å². The predicted octanol–water partition coefficient (Wildman–Crippen LogP) is 3.67. The molecule has 5 nitrogen and oxygen atoms in total. The van der Waals surface area contributed by atoms with E-state index in [4.69, 9.17) is 0 Å². The number of hydrogen-bond acceptors (Lipinski definition) is 5. The summed E-state index contributed by atoms with van der Waals surface area (Å²) < 4.78 is 38.8. The van der Waals surface area contributed by atoms with Crippen LogP contribution in [0.2, 0.25) is 0 Å². The molecule has 0 spiro atoms. The van der Waals surface area contributed by atoms with E-state index in [1.165, 1.54) is 11.3 Å². The molecule has 0 aliphatic rings. The van der Waals surface area contributed by atoms with Gasteiger partial charge in [-0.3, -0.25) is 4.79 Å². The fraction of sp³-hybridized carbons (Fsp3) is 0.143. The van der Waals surface area contributed by atoms with Gasteiger partial charge in [0.25, 0.3) is 5.91 Å². The lowest BCUT2D eigenvalue weighted by atomic mass is 10.3. The van der Waals surface area contributed by atoms with E-state index in [2.05, 4.69) is 20.3 Å². The van der Waals surface area contributed by atoms with Gasteiger partial charge in [-0.25, -0.2) is 15.0 Å². The van der Waals surface area contributed by atoms with Crippen LogP contribution in [0.4, 0.5) is 18.9 Å². The van der Waals surface area contributed by atoms with Crippen LogP contribution >= 0.6 is 11.3 Å². The topological polar surface area (TPSA) is 67.8 Å². The van der Waals surface area contributed by atoms with Crippen LogP contribution < -0.4 is 5.32 Å². The van der Waals surface area contributed by atoms with Crippen LogP contribution in [0.5, 0.6) is 0 Å². The zero-order chi connectivity index (χ0) is 16.6. The Bertz CT molecular complexity index is 891. The van der Waals surface area contributed by atoms with Crippen molar-refractivity contribution < 1.29 is 18.0 Å². The summed E-state index contributed by atoms with van der Waals surface area (Å²) in [5.74, 6) is -1.36. The van der Waals surface area contributed by atoms with Crippen LogP contribution in [0.1, 0.15) is 21.3 Å².